The summed E-state index contributed by atoms with van der Waals surface area (Å²) in [6.45, 7) is 3.24. The van der Waals surface area contributed by atoms with Crippen LogP contribution < -0.4 is 5.32 Å². The second-order valence-corrected chi connectivity index (χ2v) is 5.91. The fourth-order valence-electron chi connectivity index (χ4n) is 2.48. The maximum Gasteiger partial charge on any atom is 0.223 e. The van der Waals surface area contributed by atoms with Crippen LogP contribution in [0.4, 0.5) is 0 Å². The van der Waals surface area contributed by atoms with Gasteiger partial charge in [0.1, 0.15) is 0 Å². The summed E-state index contributed by atoms with van der Waals surface area (Å²) in [5, 5.41) is 3.54. The number of hydrogen-bond donors (Lipinski definition) is 1. The van der Waals surface area contributed by atoms with Gasteiger partial charge in [0.15, 0.2) is 0 Å². The van der Waals surface area contributed by atoms with Crippen molar-refractivity contribution in [1.29, 1.82) is 0 Å². The van der Waals surface area contributed by atoms with Crippen LogP contribution in [-0.2, 0) is 4.79 Å². The molecule has 0 saturated heterocycles. The predicted octanol–water partition coefficient (Wildman–Crippen LogP) is 1.63. The van der Waals surface area contributed by atoms with Gasteiger partial charge in [-0.3, -0.25) is 4.79 Å². The van der Waals surface area contributed by atoms with E-state index in [0.717, 1.165) is 12.5 Å². The molecule has 0 aromatic heterocycles. The first-order valence-electron chi connectivity index (χ1n) is 6.47. The molecular formula is C13H24N2O. The van der Waals surface area contributed by atoms with Crippen molar-refractivity contribution < 1.29 is 4.79 Å². The van der Waals surface area contributed by atoms with Gasteiger partial charge >= 0.3 is 0 Å². The van der Waals surface area contributed by atoms with Crippen molar-refractivity contribution in [2.24, 2.45) is 11.3 Å². The van der Waals surface area contributed by atoms with Gasteiger partial charge in [0.2, 0.25) is 5.91 Å². The van der Waals surface area contributed by atoms with Crippen LogP contribution in [0.3, 0.4) is 0 Å². The van der Waals surface area contributed by atoms with Gasteiger partial charge in [-0.05, 0) is 43.9 Å². The average Bonchev–Trinajstić information content (AvgIpc) is 3.06. The van der Waals surface area contributed by atoms with Crippen molar-refractivity contribution in [1.82, 2.24) is 10.2 Å². The standard InChI is InChI=1S/C13H24N2O/c1-10(8-12(16)15(2)3)14-9-13(6-7-13)11-4-5-11/h10-11,14H,4-9H2,1-3H3. The van der Waals surface area contributed by atoms with Gasteiger partial charge in [0, 0.05) is 33.1 Å². The topological polar surface area (TPSA) is 32.3 Å². The van der Waals surface area contributed by atoms with Crippen molar-refractivity contribution in [2.45, 2.75) is 45.1 Å². The fraction of sp³-hybridized carbons (Fsp3) is 0.923. The minimum Gasteiger partial charge on any atom is -0.349 e. The molecule has 1 atom stereocenters. The van der Waals surface area contributed by atoms with Crippen LogP contribution in [0.15, 0.2) is 0 Å². The van der Waals surface area contributed by atoms with E-state index in [1.807, 2.05) is 14.1 Å². The molecule has 1 amide bonds. The third-order valence-corrected chi connectivity index (χ3v) is 4.12. The van der Waals surface area contributed by atoms with E-state index in [1.54, 1.807) is 4.90 Å². The summed E-state index contributed by atoms with van der Waals surface area (Å²) in [7, 11) is 3.64. The summed E-state index contributed by atoms with van der Waals surface area (Å²) in [6, 6.07) is 0.311. The number of carbonyl (C=O) groups is 1. The number of rotatable bonds is 6. The minimum atomic E-state index is 0.219. The van der Waals surface area contributed by atoms with E-state index >= 15 is 0 Å². The van der Waals surface area contributed by atoms with E-state index in [1.165, 1.54) is 25.7 Å². The lowest BCUT2D eigenvalue weighted by atomic mass is 10.00. The number of hydrogen-bond acceptors (Lipinski definition) is 2. The van der Waals surface area contributed by atoms with Gasteiger partial charge in [-0.2, -0.15) is 0 Å². The van der Waals surface area contributed by atoms with Crippen molar-refractivity contribution in [3.05, 3.63) is 0 Å². The molecule has 2 aliphatic rings. The molecule has 3 nitrogen and oxygen atoms in total. The molecule has 1 unspecified atom stereocenters. The SMILES string of the molecule is CC(CC(=O)N(C)C)NCC1(C2CC2)CC1. The highest BCUT2D eigenvalue weighted by Crippen LogP contribution is 2.60. The zero-order valence-electron chi connectivity index (χ0n) is 10.8. The maximum absolute atomic E-state index is 11.5. The largest absolute Gasteiger partial charge is 0.349 e. The Labute approximate surface area is 98.6 Å². The van der Waals surface area contributed by atoms with E-state index in [0.29, 0.717) is 17.9 Å². The molecule has 0 spiro atoms. The molecule has 2 saturated carbocycles. The Kier molecular flexibility index (Phi) is 3.24. The van der Waals surface area contributed by atoms with Gasteiger partial charge in [-0.15, -0.1) is 0 Å². The van der Waals surface area contributed by atoms with Crippen LogP contribution in [0.1, 0.15) is 39.0 Å². The molecule has 2 fully saturated rings. The van der Waals surface area contributed by atoms with E-state index < -0.39 is 0 Å². The lowest BCUT2D eigenvalue weighted by Crippen LogP contribution is -2.37. The quantitative estimate of drug-likeness (QED) is 0.744. The second kappa shape index (κ2) is 4.36. The first-order chi connectivity index (χ1) is 7.53. The van der Waals surface area contributed by atoms with Crippen LogP contribution in [-0.4, -0.2) is 37.5 Å². The Bertz CT molecular complexity index is 267. The van der Waals surface area contributed by atoms with Crippen LogP contribution >= 0.6 is 0 Å². The molecule has 0 bridgehead atoms. The smallest absolute Gasteiger partial charge is 0.223 e. The third-order valence-electron chi connectivity index (χ3n) is 4.12. The molecule has 16 heavy (non-hydrogen) atoms. The highest BCUT2D eigenvalue weighted by atomic mass is 16.2. The Morgan fingerprint density at radius 1 is 1.44 bits per heavy atom. The molecule has 2 aliphatic carbocycles. The molecule has 0 aromatic carbocycles. The number of nitrogens with zero attached hydrogens (tertiary/aromatic N) is 1. The second-order valence-electron chi connectivity index (χ2n) is 5.91. The summed E-state index contributed by atoms with van der Waals surface area (Å²) in [4.78, 5) is 13.2. The molecule has 0 heterocycles. The highest BCUT2D eigenvalue weighted by Gasteiger charge is 2.53. The Morgan fingerprint density at radius 2 is 2.06 bits per heavy atom. The summed E-state index contributed by atoms with van der Waals surface area (Å²) in [5.74, 6) is 1.22. The average molecular weight is 224 g/mol. The number of amides is 1. The lowest BCUT2D eigenvalue weighted by molar-refractivity contribution is -0.129. The molecule has 0 radical (unpaired) electrons. The molecular weight excluding hydrogens is 200 g/mol. The van der Waals surface area contributed by atoms with Gasteiger partial charge in [-0.1, -0.05) is 0 Å². The molecule has 0 aliphatic heterocycles. The zero-order chi connectivity index (χ0) is 11.8. The molecule has 92 valence electrons. The Morgan fingerprint density at radius 3 is 2.50 bits per heavy atom. The van der Waals surface area contributed by atoms with Crippen molar-refractivity contribution in [2.75, 3.05) is 20.6 Å². The molecule has 0 aromatic rings. The number of nitrogens with one attached hydrogen (secondary N) is 1. The van der Waals surface area contributed by atoms with Crippen molar-refractivity contribution >= 4 is 5.91 Å². The van der Waals surface area contributed by atoms with Gasteiger partial charge in [0.05, 0.1) is 0 Å². The first-order valence-corrected chi connectivity index (χ1v) is 6.47. The summed E-state index contributed by atoms with van der Waals surface area (Å²) in [5.41, 5.74) is 0.634. The van der Waals surface area contributed by atoms with Crippen molar-refractivity contribution in [3.8, 4) is 0 Å². The van der Waals surface area contributed by atoms with E-state index in [9.17, 15) is 4.79 Å². The normalized spacial score (nSPS) is 23.9. The minimum absolute atomic E-state index is 0.219. The maximum atomic E-state index is 11.5. The van der Waals surface area contributed by atoms with Crippen LogP contribution in [0.5, 0.6) is 0 Å². The molecule has 1 N–H and O–H groups in total. The summed E-state index contributed by atoms with van der Waals surface area (Å²) < 4.78 is 0. The summed E-state index contributed by atoms with van der Waals surface area (Å²) in [6.07, 6.45) is 6.30. The van der Waals surface area contributed by atoms with Crippen LogP contribution in [0.2, 0.25) is 0 Å². The molecule has 2 rings (SSSR count). The van der Waals surface area contributed by atoms with Crippen LogP contribution in [0, 0.1) is 11.3 Å². The van der Waals surface area contributed by atoms with Gasteiger partial charge < -0.3 is 10.2 Å². The number of carbonyl (C=O) groups excluding carboxylic acids is 1. The van der Waals surface area contributed by atoms with E-state index in [-0.39, 0.29) is 5.91 Å². The van der Waals surface area contributed by atoms with Gasteiger partial charge in [-0.25, -0.2) is 0 Å². The van der Waals surface area contributed by atoms with Crippen molar-refractivity contribution in [3.63, 3.8) is 0 Å². The molecule has 3 heteroatoms. The Balaban J connectivity index is 1.67. The lowest BCUT2D eigenvalue weighted by Gasteiger charge is -2.20. The Hall–Kier alpha value is -0.570. The third kappa shape index (κ3) is 2.76. The first kappa shape index (κ1) is 11.9. The summed E-state index contributed by atoms with van der Waals surface area (Å²) >= 11 is 0. The van der Waals surface area contributed by atoms with Crippen LogP contribution in [0.25, 0.3) is 0 Å². The monoisotopic (exact) mass is 224 g/mol. The highest BCUT2D eigenvalue weighted by molar-refractivity contribution is 5.76. The van der Waals surface area contributed by atoms with E-state index in [2.05, 4.69) is 12.2 Å². The van der Waals surface area contributed by atoms with Gasteiger partial charge in [0.25, 0.3) is 0 Å². The van der Waals surface area contributed by atoms with E-state index in [4.69, 9.17) is 0 Å². The zero-order valence-corrected chi connectivity index (χ0v) is 10.8. The predicted molar refractivity (Wildman–Crippen MR) is 65.2 cm³/mol. The fourth-order valence-corrected chi connectivity index (χ4v) is 2.48.